The molecule has 0 bridgehead atoms. The van der Waals surface area contributed by atoms with Crippen LogP contribution in [0.2, 0.25) is 0 Å². The number of nitrogens with zero attached hydrogens (tertiary/aromatic N) is 1. The third kappa shape index (κ3) is 3.19. The smallest absolute Gasteiger partial charge is 0.0813 e. The number of hydrogen-bond donors (Lipinski definition) is 0. The van der Waals surface area contributed by atoms with Gasteiger partial charge in [0.2, 0.25) is 0 Å². The van der Waals surface area contributed by atoms with Crippen molar-refractivity contribution in [1.82, 2.24) is 4.90 Å². The van der Waals surface area contributed by atoms with Crippen LogP contribution in [0.4, 0.5) is 0 Å². The standard InChI is InChI=1S/C15H23NO2S/c1-2-17-11-12-5-6-14-15(18-12)7-8-16(14)10-13-4-3-9-19-13/h3-4,9,12,14-15H,2,5-8,10-11H2,1H3/t12-,14-,15-/m0/s1. The molecule has 3 heterocycles. The van der Waals surface area contributed by atoms with Crippen molar-refractivity contribution < 1.29 is 9.47 Å². The molecule has 0 radical (unpaired) electrons. The van der Waals surface area contributed by atoms with Gasteiger partial charge >= 0.3 is 0 Å². The third-order valence-corrected chi connectivity index (χ3v) is 5.06. The van der Waals surface area contributed by atoms with Gasteiger partial charge in [0.15, 0.2) is 0 Å². The lowest BCUT2D eigenvalue weighted by Gasteiger charge is -2.35. The van der Waals surface area contributed by atoms with Crippen molar-refractivity contribution in [2.75, 3.05) is 19.8 Å². The highest BCUT2D eigenvalue weighted by atomic mass is 32.1. The normalized spacial score (nSPS) is 31.5. The summed E-state index contributed by atoms with van der Waals surface area (Å²) in [7, 11) is 0. The molecular formula is C15H23NO2S. The summed E-state index contributed by atoms with van der Waals surface area (Å²) in [6, 6.07) is 5.00. The Morgan fingerprint density at radius 1 is 1.42 bits per heavy atom. The molecule has 0 saturated carbocycles. The summed E-state index contributed by atoms with van der Waals surface area (Å²) in [4.78, 5) is 4.07. The SMILES string of the molecule is CCOC[C@@H]1CC[C@H]2[C@H](CCN2Cc2cccs2)O1. The Kier molecular flexibility index (Phi) is 4.53. The topological polar surface area (TPSA) is 21.7 Å². The van der Waals surface area contributed by atoms with Gasteiger partial charge in [-0.25, -0.2) is 0 Å². The zero-order valence-corrected chi connectivity index (χ0v) is 12.4. The van der Waals surface area contributed by atoms with Gasteiger partial charge in [-0.05, 0) is 37.6 Å². The van der Waals surface area contributed by atoms with E-state index in [0.29, 0.717) is 18.2 Å². The molecule has 2 saturated heterocycles. The molecule has 3 atom stereocenters. The maximum Gasteiger partial charge on any atom is 0.0813 e. The molecular weight excluding hydrogens is 258 g/mol. The Hall–Kier alpha value is -0.420. The predicted molar refractivity (Wildman–Crippen MR) is 77.5 cm³/mol. The summed E-state index contributed by atoms with van der Waals surface area (Å²) >= 11 is 1.86. The number of thiophene rings is 1. The van der Waals surface area contributed by atoms with Crippen LogP contribution in [0.5, 0.6) is 0 Å². The average Bonchev–Trinajstić information content (AvgIpc) is 3.07. The number of ether oxygens (including phenoxy) is 2. The maximum atomic E-state index is 6.20. The van der Waals surface area contributed by atoms with E-state index in [1.54, 1.807) is 0 Å². The second-order valence-electron chi connectivity index (χ2n) is 5.44. The molecule has 3 rings (SSSR count). The van der Waals surface area contributed by atoms with E-state index in [2.05, 4.69) is 22.4 Å². The number of likely N-dealkylation sites (tertiary alicyclic amines) is 1. The van der Waals surface area contributed by atoms with Gasteiger partial charge in [0.1, 0.15) is 0 Å². The van der Waals surface area contributed by atoms with E-state index < -0.39 is 0 Å². The first kappa shape index (κ1) is 13.6. The molecule has 0 unspecified atom stereocenters. The van der Waals surface area contributed by atoms with Crippen LogP contribution in [0.15, 0.2) is 17.5 Å². The van der Waals surface area contributed by atoms with Crippen LogP contribution >= 0.6 is 11.3 Å². The van der Waals surface area contributed by atoms with E-state index in [4.69, 9.17) is 9.47 Å². The molecule has 2 aliphatic rings. The van der Waals surface area contributed by atoms with Crippen molar-refractivity contribution >= 4 is 11.3 Å². The minimum Gasteiger partial charge on any atom is -0.379 e. The highest BCUT2D eigenvalue weighted by molar-refractivity contribution is 7.09. The zero-order valence-electron chi connectivity index (χ0n) is 11.6. The first-order chi connectivity index (χ1) is 9.36. The monoisotopic (exact) mass is 281 g/mol. The van der Waals surface area contributed by atoms with Crippen molar-refractivity contribution in [2.24, 2.45) is 0 Å². The van der Waals surface area contributed by atoms with Crippen LogP contribution in [0.25, 0.3) is 0 Å². The van der Waals surface area contributed by atoms with Crippen molar-refractivity contribution in [3.8, 4) is 0 Å². The van der Waals surface area contributed by atoms with E-state index >= 15 is 0 Å². The van der Waals surface area contributed by atoms with Crippen molar-refractivity contribution in [1.29, 1.82) is 0 Å². The summed E-state index contributed by atoms with van der Waals surface area (Å²) in [6.07, 6.45) is 4.33. The molecule has 2 fully saturated rings. The molecule has 1 aromatic rings. The fourth-order valence-corrected chi connectivity index (χ4v) is 3.99. The first-order valence-corrected chi connectivity index (χ1v) is 8.24. The molecule has 2 aliphatic heterocycles. The molecule has 0 amide bonds. The third-order valence-electron chi connectivity index (χ3n) is 4.20. The Balaban J connectivity index is 1.53. The number of hydrogen-bond acceptors (Lipinski definition) is 4. The molecule has 19 heavy (non-hydrogen) atoms. The van der Waals surface area contributed by atoms with Gasteiger partial charge in [-0.3, -0.25) is 4.90 Å². The largest absolute Gasteiger partial charge is 0.379 e. The molecule has 106 valence electrons. The summed E-state index contributed by atoms with van der Waals surface area (Å²) in [6.45, 7) is 5.87. The van der Waals surface area contributed by atoms with E-state index in [9.17, 15) is 0 Å². The van der Waals surface area contributed by atoms with Crippen molar-refractivity contribution in [3.63, 3.8) is 0 Å². The van der Waals surface area contributed by atoms with Gasteiger partial charge < -0.3 is 9.47 Å². The molecule has 0 spiro atoms. The van der Waals surface area contributed by atoms with E-state index in [1.165, 1.54) is 24.3 Å². The van der Waals surface area contributed by atoms with Gasteiger partial charge in [0.25, 0.3) is 0 Å². The van der Waals surface area contributed by atoms with Crippen molar-refractivity contribution in [3.05, 3.63) is 22.4 Å². The average molecular weight is 281 g/mol. The molecule has 4 heteroatoms. The lowest BCUT2D eigenvalue weighted by atomic mass is 9.99. The van der Waals surface area contributed by atoms with E-state index in [0.717, 1.165) is 26.2 Å². The van der Waals surface area contributed by atoms with Crippen LogP contribution in [-0.2, 0) is 16.0 Å². The van der Waals surface area contributed by atoms with Gasteiger partial charge in [0.05, 0.1) is 18.8 Å². The summed E-state index contributed by atoms with van der Waals surface area (Å²) in [5.41, 5.74) is 0. The summed E-state index contributed by atoms with van der Waals surface area (Å²) < 4.78 is 11.7. The molecule has 1 aromatic heterocycles. The fraction of sp³-hybridized carbons (Fsp3) is 0.733. The summed E-state index contributed by atoms with van der Waals surface area (Å²) in [5, 5.41) is 2.17. The molecule has 0 N–H and O–H groups in total. The Morgan fingerprint density at radius 3 is 3.16 bits per heavy atom. The lowest BCUT2D eigenvalue weighted by molar-refractivity contribution is -0.0985. The van der Waals surface area contributed by atoms with Crippen LogP contribution in [0.1, 0.15) is 31.1 Å². The minimum atomic E-state index is 0.322. The van der Waals surface area contributed by atoms with Crippen LogP contribution in [0.3, 0.4) is 0 Å². The first-order valence-electron chi connectivity index (χ1n) is 7.36. The van der Waals surface area contributed by atoms with E-state index in [-0.39, 0.29) is 0 Å². The predicted octanol–water partition coefficient (Wildman–Crippen LogP) is 2.91. The van der Waals surface area contributed by atoms with Gasteiger partial charge in [0, 0.05) is 30.6 Å². The minimum absolute atomic E-state index is 0.322. The molecule has 0 aromatic carbocycles. The number of fused-ring (bicyclic) bond motifs is 1. The second kappa shape index (κ2) is 6.35. The Labute approximate surface area is 119 Å². The fourth-order valence-electron chi connectivity index (χ4n) is 3.26. The lowest BCUT2D eigenvalue weighted by Crippen LogP contribution is -2.43. The molecule has 0 aliphatic carbocycles. The quantitative estimate of drug-likeness (QED) is 0.828. The van der Waals surface area contributed by atoms with Crippen molar-refractivity contribution in [2.45, 2.75) is 51.0 Å². The number of rotatable bonds is 5. The van der Waals surface area contributed by atoms with Crippen LogP contribution in [-0.4, -0.2) is 42.9 Å². The maximum absolute atomic E-state index is 6.20. The van der Waals surface area contributed by atoms with E-state index in [1.807, 2.05) is 18.3 Å². The van der Waals surface area contributed by atoms with Gasteiger partial charge in [-0.2, -0.15) is 0 Å². The Morgan fingerprint density at radius 2 is 2.37 bits per heavy atom. The second-order valence-corrected chi connectivity index (χ2v) is 6.47. The van der Waals surface area contributed by atoms with Crippen LogP contribution < -0.4 is 0 Å². The Bertz CT molecular complexity index is 382. The van der Waals surface area contributed by atoms with Gasteiger partial charge in [-0.15, -0.1) is 11.3 Å². The molecule has 3 nitrogen and oxygen atoms in total. The van der Waals surface area contributed by atoms with Gasteiger partial charge in [-0.1, -0.05) is 6.07 Å². The zero-order chi connectivity index (χ0) is 13.1. The summed E-state index contributed by atoms with van der Waals surface area (Å²) in [5.74, 6) is 0. The highest BCUT2D eigenvalue weighted by Gasteiger charge is 2.39. The highest BCUT2D eigenvalue weighted by Crippen LogP contribution is 2.33. The van der Waals surface area contributed by atoms with Crippen LogP contribution in [0, 0.1) is 0 Å².